The number of aromatic nitrogens is 1. The fourth-order valence-corrected chi connectivity index (χ4v) is 3.61. The van der Waals surface area contributed by atoms with E-state index in [1.807, 2.05) is 61.5 Å². The van der Waals surface area contributed by atoms with Crippen LogP contribution in [0.25, 0.3) is 10.6 Å². The second-order valence-electron chi connectivity index (χ2n) is 6.61. The average Bonchev–Trinajstić information content (AvgIpc) is 3.10. The lowest BCUT2D eigenvalue weighted by atomic mass is 10.1. The first kappa shape index (κ1) is 19.8. The third-order valence-electron chi connectivity index (χ3n) is 4.30. The van der Waals surface area contributed by atoms with Crippen molar-refractivity contribution in [2.24, 2.45) is 0 Å². The largest absolute Gasteiger partial charge is 0.451 e. The topological polar surface area (TPSA) is 59.5 Å². The van der Waals surface area contributed by atoms with Crippen LogP contribution < -0.4 is 0 Å². The quantitative estimate of drug-likeness (QED) is 0.587. The van der Waals surface area contributed by atoms with Crippen LogP contribution in [-0.2, 0) is 16.1 Å². The van der Waals surface area contributed by atoms with Crippen LogP contribution in [0.15, 0.2) is 54.6 Å². The molecule has 0 unspecified atom stereocenters. The Morgan fingerprint density at radius 3 is 2.39 bits per heavy atom. The Hall–Kier alpha value is -2.99. The van der Waals surface area contributed by atoms with E-state index in [4.69, 9.17) is 4.74 Å². The van der Waals surface area contributed by atoms with Gasteiger partial charge in [0.05, 0.1) is 5.69 Å². The zero-order chi connectivity index (χ0) is 20.1. The highest BCUT2D eigenvalue weighted by molar-refractivity contribution is 7.17. The maximum Gasteiger partial charge on any atom is 0.350 e. The highest BCUT2D eigenvalue weighted by Crippen LogP contribution is 2.28. The van der Waals surface area contributed by atoms with E-state index in [1.54, 1.807) is 18.9 Å². The van der Waals surface area contributed by atoms with Crippen LogP contribution in [0, 0.1) is 13.8 Å². The second-order valence-corrected chi connectivity index (χ2v) is 7.61. The van der Waals surface area contributed by atoms with E-state index in [9.17, 15) is 9.59 Å². The average molecular weight is 394 g/mol. The van der Waals surface area contributed by atoms with Crippen molar-refractivity contribution in [3.63, 3.8) is 0 Å². The van der Waals surface area contributed by atoms with Crippen molar-refractivity contribution in [2.45, 2.75) is 20.4 Å². The summed E-state index contributed by atoms with van der Waals surface area (Å²) in [6, 6.07) is 17.6. The lowest BCUT2D eigenvalue weighted by molar-refractivity contribution is -0.133. The number of aryl methyl sites for hydroxylation is 2. The summed E-state index contributed by atoms with van der Waals surface area (Å²) < 4.78 is 5.24. The Morgan fingerprint density at radius 2 is 1.71 bits per heavy atom. The molecule has 0 bridgehead atoms. The molecule has 1 heterocycles. The summed E-state index contributed by atoms with van der Waals surface area (Å²) in [6.07, 6.45) is 0. The summed E-state index contributed by atoms with van der Waals surface area (Å²) in [5.74, 6) is -0.770. The highest BCUT2D eigenvalue weighted by atomic mass is 32.1. The van der Waals surface area contributed by atoms with E-state index in [0.717, 1.165) is 16.1 Å². The minimum Gasteiger partial charge on any atom is -0.451 e. The maximum absolute atomic E-state index is 12.4. The zero-order valence-electron chi connectivity index (χ0n) is 16.1. The molecular formula is C22H22N2O3S. The maximum atomic E-state index is 12.4. The molecule has 0 N–H and O–H groups in total. The second kappa shape index (κ2) is 8.80. The molecule has 0 saturated carbocycles. The molecule has 6 heteroatoms. The van der Waals surface area contributed by atoms with Crippen LogP contribution in [0.3, 0.4) is 0 Å². The van der Waals surface area contributed by atoms with Crippen molar-refractivity contribution in [1.29, 1.82) is 0 Å². The molecule has 3 rings (SSSR count). The summed E-state index contributed by atoms with van der Waals surface area (Å²) >= 11 is 1.27. The molecule has 0 atom stereocenters. The van der Waals surface area contributed by atoms with E-state index >= 15 is 0 Å². The van der Waals surface area contributed by atoms with Crippen LogP contribution in [0.1, 0.15) is 26.5 Å². The van der Waals surface area contributed by atoms with Crippen LogP contribution in [0.5, 0.6) is 0 Å². The van der Waals surface area contributed by atoms with E-state index < -0.39 is 5.97 Å². The summed E-state index contributed by atoms with van der Waals surface area (Å²) in [7, 11) is 1.70. The molecule has 28 heavy (non-hydrogen) atoms. The molecule has 0 spiro atoms. The SMILES string of the molecule is Cc1ccc(CN(C)C(=O)COC(=O)c2sc(-c3ccccc3)nc2C)cc1. The van der Waals surface area contributed by atoms with Gasteiger partial charge in [0, 0.05) is 19.2 Å². The lowest BCUT2D eigenvalue weighted by Crippen LogP contribution is -2.30. The van der Waals surface area contributed by atoms with Crippen LogP contribution in [0.4, 0.5) is 0 Å². The summed E-state index contributed by atoms with van der Waals surface area (Å²) in [5, 5.41) is 0.757. The number of carbonyl (C=O) groups is 2. The Balaban J connectivity index is 1.58. The van der Waals surface area contributed by atoms with Gasteiger partial charge in [0.15, 0.2) is 6.61 Å². The lowest BCUT2D eigenvalue weighted by Gasteiger charge is -2.17. The molecule has 0 aliphatic carbocycles. The monoisotopic (exact) mass is 394 g/mol. The van der Waals surface area contributed by atoms with Crippen molar-refractivity contribution < 1.29 is 14.3 Å². The van der Waals surface area contributed by atoms with Crippen molar-refractivity contribution in [3.8, 4) is 10.6 Å². The molecule has 3 aromatic rings. The molecule has 1 amide bonds. The van der Waals surface area contributed by atoms with Crippen LogP contribution >= 0.6 is 11.3 Å². The van der Waals surface area contributed by atoms with Gasteiger partial charge in [0.1, 0.15) is 9.88 Å². The molecule has 0 aliphatic rings. The van der Waals surface area contributed by atoms with Crippen molar-refractivity contribution in [2.75, 3.05) is 13.7 Å². The number of likely N-dealkylation sites (N-methyl/N-ethyl adjacent to an activating group) is 1. The van der Waals surface area contributed by atoms with Crippen LogP contribution in [-0.4, -0.2) is 35.4 Å². The fraction of sp³-hybridized carbons (Fsp3) is 0.227. The van der Waals surface area contributed by atoms with E-state index in [0.29, 0.717) is 17.1 Å². The number of ether oxygens (including phenoxy) is 1. The molecule has 0 saturated heterocycles. The number of hydrogen-bond acceptors (Lipinski definition) is 5. The molecule has 2 aromatic carbocycles. The minimum atomic E-state index is -0.519. The number of benzene rings is 2. The van der Waals surface area contributed by atoms with Gasteiger partial charge in [-0.25, -0.2) is 9.78 Å². The molecule has 0 radical (unpaired) electrons. The van der Waals surface area contributed by atoms with Gasteiger partial charge in [-0.2, -0.15) is 0 Å². The Kier molecular flexibility index (Phi) is 6.21. The third-order valence-corrected chi connectivity index (χ3v) is 5.48. The van der Waals surface area contributed by atoms with Gasteiger partial charge in [-0.1, -0.05) is 60.2 Å². The van der Waals surface area contributed by atoms with Gasteiger partial charge in [-0.05, 0) is 19.4 Å². The van der Waals surface area contributed by atoms with Crippen molar-refractivity contribution >= 4 is 23.2 Å². The van der Waals surface area contributed by atoms with Crippen LogP contribution in [0.2, 0.25) is 0 Å². The predicted octanol–water partition coefficient (Wildman–Crippen LogP) is 4.24. The number of esters is 1. The first-order valence-electron chi connectivity index (χ1n) is 8.93. The van der Waals surface area contributed by atoms with Gasteiger partial charge in [-0.15, -0.1) is 11.3 Å². The van der Waals surface area contributed by atoms with Gasteiger partial charge < -0.3 is 9.64 Å². The number of amides is 1. The van der Waals surface area contributed by atoms with Gasteiger partial charge >= 0.3 is 5.97 Å². The standard InChI is InChI=1S/C22H22N2O3S/c1-15-9-11-17(12-10-15)13-24(3)19(25)14-27-22(26)20-16(2)23-21(28-20)18-7-5-4-6-8-18/h4-12H,13-14H2,1-3H3. The van der Waals surface area contributed by atoms with Crippen molar-refractivity contribution in [3.05, 3.63) is 76.3 Å². The Labute approximate surface area is 168 Å². The number of thiazole rings is 1. The first-order chi connectivity index (χ1) is 13.4. The number of hydrogen-bond donors (Lipinski definition) is 0. The normalized spacial score (nSPS) is 10.5. The Bertz CT molecular complexity index is 965. The minimum absolute atomic E-state index is 0.251. The number of nitrogens with zero attached hydrogens (tertiary/aromatic N) is 2. The number of rotatable bonds is 6. The first-order valence-corrected chi connectivity index (χ1v) is 9.75. The molecule has 144 valence electrons. The molecule has 5 nitrogen and oxygen atoms in total. The highest BCUT2D eigenvalue weighted by Gasteiger charge is 2.19. The summed E-state index contributed by atoms with van der Waals surface area (Å²) in [6.45, 7) is 3.96. The van der Waals surface area contributed by atoms with E-state index in [-0.39, 0.29) is 12.5 Å². The van der Waals surface area contributed by atoms with Gasteiger partial charge in [0.25, 0.3) is 5.91 Å². The van der Waals surface area contributed by atoms with Gasteiger partial charge in [0.2, 0.25) is 0 Å². The zero-order valence-corrected chi connectivity index (χ0v) is 17.0. The molecule has 0 fully saturated rings. The summed E-state index contributed by atoms with van der Waals surface area (Å²) in [4.78, 5) is 31.1. The third kappa shape index (κ3) is 4.84. The van der Waals surface area contributed by atoms with E-state index in [2.05, 4.69) is 4.98 Å². The fourth-order valence-electron chi connectivity index (χ4n) is 2.65. The van der Waals surface area contributed by atoms with Crippen molar-refractivity contribution in [1.82, 2.24) is 9.88 Å². The van der Waals surface area contributed by atoms with Gasteiger partial charge in [-0.3, -0.25) is 4.79 Å². The number of carbonyl (C=O) groups excluding carboxylic acids is 2. The summed E-state index contributed by atoms with van der Waals surface area (Å²) in [5.41, 5.74) is 3.75. The molecular weight excluding hydrogens is 372 g/mol. The molecule has 0 aliphatic heterocycles. The predicted molar refractivity (Wildman–Crippen MR) is 110 cm³/mol. The van der Waals surface area contributed by atoms with E-state index in [1.165, 1.54) is 16.9 Å². The molecule has 1 aromatic heterocycles. The Morgan fingerprint density at radius 1 is 1.04 bits per heavy atom. The smallest absolute Gasteiger partial charge is 0.350 e.